The first kappa shape index (κ1) is 12.5. The maximum Gasteiger partial charge on any atom is 0.148 e. The quantitative estimate of drug-likeness (QED) is 0.873. The van der Waals surface area contributed by atoms with Crippen molar-refractivity contribution in [3.05, 3.63) is 47.2 Å². The third-order valence-corrected chi connectivity index (χ3v) is 3.58. The topological polar surface area (TPSA) is 60.7 Å². The molecule has 0 aliphatic carbocycles. The highest BCUT2D eigenvalue weighted by atomic mass is 15.0. The Hall–Kier alpha value is -2.54. The van der Waals surface area contributed by atoms with Crippen LogP contribution >= 0.6 is 0 Å². The zero-order valence-electron chi connectivity index (χ0n) is 11.4. The van der Waals surface area contributed by atoms with E-state index < -0.39 is 0 Å². The van der Waals surface area contributed by atoms with E-state index in [1.54, 1.807) is 6.20 Å². The van der Waals surface area contributed by atoms with Crippen molar-refractivity contribution in [2.24, 2.45) is 0 Å². The number of nitriles is 1. The van der Waals surface area contributed by atoms with Gasteiger partial charge in [-0.05, 0) is 55.2 Å². The number of pyridine rings is 1. The summed E-state index contributed by atoms with van der Waals surface area (Å²) in [5, 5.41) is 15.9. The first-order valence-electron chi connectivity index (χ1n) is 6.77. The number of aromatic nitrogens is 1. The largest absolute Gasteiger partial charge is 0.385 e. The minimum absolute atomic E-state index is 0.600. The Kier molecular flexibility index (Phi) is 3.26. The Morgan fingerprint density at radius 1 is 1.35 bits per heavy atom. The molecule has 2 heterocycles. The predicted octanol–water partition coefficient (Wildman–Crippen LogP) is 3.36. The molecule has 3 rings (SSSR count). The van der Waals surface area contributed by atoms with Crippen molar-refractivity contribution in [2.45, 2.75) is 19.8 Å². The number of aryl methyl sites for hydroxylation is 2. The van der Waals surface area contributed by atoms with Gasteiger partial charge in [0.25, 0.3) is 0 Å². The summed E-state index contributed by atoms with van der Waals surface area (Å²) in [6.07, 6.45) is 3.96. The molecule has 20 heavy (non-hydrogen) atoms. The van der Waals surface area contributed by atoms with E-state index in [2.05, 4.69) is 33.8 Å². The predicted molar refractivity (Wildman–Crippen MR) is 80.2 cm³/mol. The molecule has 1 aromatic carbocycles. The second kappa shape index (κ2) is 5.22. The van der Waals surface area contributed by atoms with Gasteiger partial charge in [-0.1, -0.05) is 0 Å². The summed E-state index contributed by atoms with van der Waals surface area (Å²) in [6, 6.07) is 10.3. The third kappa shape index (κ3) is 2.30. The van der Waals surface area contributed by atoms with Crippen LogP contribution in [0.1, 0.15) is 23.1 Å². The summed E-state index contributed by atoms with van der Waals surface area (Å²) in [6.45, 7) is 2.96. The highest BCUT2D eigenvalue weighted by Crippen LogP contribution is 2.27. The summed E-state index contributed by atoms with van der Waals surface area (Å²) in [5.41, 5.74) is 5.03. The van der Waals surface area contributed by atoms with Crippen LogP contribution in [-0.2, 0) is 6.42 Å². The van der Waals surface area contributed by atoms with Crippen molar-refractivity contribution >= 4 is 17.2 Å². The lowest BCUT2D eigenvalue weighted by Crippen LogP contribution is -2.11. The fraction of sp³-hybridized carbons (Fsp3) is 0.250. The zero-order valence-corrected chi connectivity index (χ0v) is 11.4. The summed E-state index contributed by atoms with van der Waals surface area (Å²) in [4.78, 5) is 4.27. The molecular formula is C16H16N4. The second-order valence-electron chi connectivity index (χ2n) is 4.99. The molecule has 100 valence electrons. The fourth-order valence-electron chi connectivity index (χ4n) is 2.48. The molecule has 1 aliphatic heterocycles. The summed E-state index contributed by atoms with van der Waals surface area (Å²) >= 11 is 0. The lowest BCUT2D eigenvalue weighted by Gasteiger charge is -2.19. The van der Waals surface area contributed by atoms with E-state index in [-0.39, 0.29) is 0 Å². The minimum atomic E-state index is 0.600. The van der Waals surface area contributed by atoms with E-state index in [9.17, 15) is 5.26 Å². The van der Waals surface area contributed by atoms with Crippen molar-refractivity contribution in [3.8, 4) is 6.07 Å². The van der Waals surface area contributed by atoms with Gasteiger partial charge in [0.15, 0.2) is 0 Å². The van der Waals surface area contributed by atoms with E-state index >= 15 is 0 Å². The van der Waals surface area contributed by atoms with Gasteiger partial charge in [0.2, 0.25) is 0 Å². The summed E-state index contributed by atoms with van der Waals surface area (Å²) in [7, 11) is 0. The smallest absolute Gasteiger partial charge is 0.148 e. The fourth-order valence-corrected chi connectivity index (χ4v) is 2.48. The van der Waals surface area contributed by atoms with E-state index in [0.29, 0.717) is 11.4 Å². The van der Waals surface area contributed by atoms with Gasteiger partial charge in [-0.3, -0.25) is 0 Å². The van der Waals surface area contributed by atoms with Crippen LogP contribution in [0.5, 0.6) is 0 Å². The van der Waals surface area contributed by atoms with E-state index in [1.165, 1.54) is 11.3 Å². The van der Waals surface area contributed by atoms with Crippen LogP contribution in [0.3, 0.4) is 0 Å². The number of anilines is 3. The molecule has 0 saturated heterocycles. The van der Waals surface area contributed by atoms with Crippen LogP contribution in [0, 0.1) is 18.3 Å². The maximum absolute atomic E-state index is 9.23. The van der Waals surface area contributed by atoms with Crippen LogP contribution in [0.4, 0.5) is 17.2 Å². The second-order valence-corrected chi connectivity index (χ2v) is 4.99. The standard InChI is InChI=1S/C16H16N4/c1-11-6-8-19-16(14(11)10-17)20-13-4-5-15-12(9-13)3-2-7-18-15/h4-6,8-9,18H,2-3,7H2,1H3,(H,19,20). The van der Waals surface area contributed by atoms with Crippen LogP contribution in [0.2, 0.25) is 0 Å². The van der Waals surface area contributed by atoms with E-state index in [0.717, 1.165) is 30.6 Å². The normalized spacial score (nSPS) is 13.0. The van der Waals surface area contributed by atoms with Gasteiger partial charge in [0, 0.05) is 24.1 Å². The van der Waals surface area contributed by atoms with Crippen LogP contribution in [0.25, 0.3) is 0 Å². The van der Waals surface area contributed by atoms with Crippen LogP contribution in [0.15, 0.2) is 30.5 Å². The first-order chi connectivity index (χ1) is 9.78. The van der Waals surface area contributed by atoms with Crippen molar-refractivity contribution < 1.29 is 0 Å². The number of nitrogens with zero attached hydrogens (tertiary/aromatic N) is 2. The molecule has 2 N–H and O–H groups in total. The van der Waals surface area contributed by atoms with Crippen molar-refractivity contribution in [2.75, 3.05) is 17.2 Å². The monoisotopic (exact) mass is 264 g/mol. The Morgan fingerprint density at radius 2 is 2.25 bits per heavy atom. The molecule has 4 nitrogen and oxygen atoms in total. The van der Waals surface area contributed by atoms with Crippen molar-refractivity contribution in [1.29, 1.82) is 5.26 Å². The Bertz CT molecular complexity index is 685. The average Bonchev–Trinajstić information content (AvgIpc) is 2.47. The molecule has 0 bridgehead atoms. The lowest BCUT2D eigenvalue weighted by atomic mass is 10.0. The number of nitrogens with one attached hydrogen (secondary N) is 2. The molecule has 4 heteroatoms. The van der Waals surface area contributed by atoms with Crippen molar-refractivity contribution in [1.82, 2.24) is 4.98 Å². The number of hydrogen-bond donors (Lipinski definition) is 2. The maximum atomic E-state index is 9.23. The Labute approximate surface area is 118 Å². The van der Waals surface area contributed by atoms with Crippen LogP contribution < -0.4 is 10.6 Å². The van der Waals surface area contributed by atoms with E-state index in [4.69, 9.17) is 0 Å². The first-order valence-corrected chi connectivity index (χ1v) is 6.77. The number of rotatable bonds is 2. The summed E-state index contributed by atoms with van der Waals surface area (Å²) < 4.78 is 0. The van der Waals surface area contributed by atoms with Gasteiger partial charge in [-0.15, -0.1) is 0 Å². The summed E-state index contributed by atoms with van der Waals surface area (Å²) in [5.74, 6) is 0.621. The van der Waals surface area contributed by atoms with Gasteiger partial charge >= 0.3 is 0 Å². The molecule has 0 amide bonds. The van der Waals surface area contributed by atoms with Gasteiger partial charge in [-0.25, -0.2) is 4.98 Å². The minimum Gasteiger partial charge on any atom is -0.385 e. The average molecular weight is 264 g/mol. The molecular weight excluding hydrogens is 248 g/mol. The Balaban J connectivity index is 1.92. The molecule has 0 unspecified atom stereocenters. The van der Waals surface area contributed by atoms with Gasteiger partial charge in [0.1, 0.15) is 11.9 Å². The Morgan fingerprint density at radius 3 is 3.10 bits per heavy atom. The molecule has 0 spiro atoms. The zero-order chi connectivity index (χ0) is 13.9. The molecule has 1 aromatic heterocycles. The lowest BCUT2D eigenvalue weighted by molar-refractivity contribution is 0.830. The van der Waals surface area contributed by atoms with E-state index in [1.807, 2.05) is 19.1 Å². The number of fused-ring (bicyclic) bond motifs is 1. The molecule has 0 saturated carbocycles. The number of benzene rings is 1. The van der Waals surface area contributed by atoms with Crippen LogP contribution in [-0.4, -0.2) is 11.5 Å². The van der Waals surface area contributed by atoms with Gasteiger partial charge in [-0.2, -0.15) is 5.26 Å². The third-order valence-electron chi connectivity index (χ3n) is 3.58. The van der Waals surface area contributed by atoms with Crippen molar-refractivity contribution in [3.63, 3.8) is 0 Å². The highest BCUT2D eigenvalue weighted by molar-refractivity contribution is 5.68. The molecule has 2 aromatic rings. The molecule has 1 aliphatic rings. The van der Waals surface area contributed by atoms with Gasteiger partial charge < -0.3 is 10.6 Å². The van der Waals surface area contributed by atoms with Gasteiger partial charge in [0.05, 0.1) is 5.56 Å². The highest BCUT2D eigenvalue weighted by Gasteiger charge is 2.11. The molecule has 0 fully saturated rings. The SMILES string of the molecule is Cc1ccnc(Nc2ccc3c(c2)CCCN3)c1C#N. The molecule has 0 atom stereocenters. The molecule has 0 radical (unpaired) electrons. The number of hydrogen-bond acceptors (Lipinski definition) is 4.